The van der Waals surface area contributed by atoms with E-state index in [1.807, 2.05) is 13.8 Å². The van der Waals surface area contributed by atoms with Gasteiger partial charge < -0.3 is 10.9 Å². The summed E-state index contributed by atoms with van der Waals surface area (Å²) in [5, 5.41) is 8.46. The van der Waals surface area contributed by atoms with E-state index >= 15 is 0 Å². The molecule has 0 aliphatic heterocycles. The molecule has 0 aliphatic rings. The zero-order chi connectivity index (χ0) is 13.5. The summed E-state index contributed by atoms with van der Waals surface area (Å²) in [5.41, 5.74) is 5.20. The number of nitrogens with two attached hydrogens (primary N) is 1. The zero-order valence-corrected chi connectivity index (χ0v) is 11.3. The third-order valence-electron chi connectivity index (χ3n) is 1.96. The molecule has 0 radical (unpaired) electrons. The molecule has 0 atom stereocenters. The minimum absolute atomic E-state index is 0.175. The van der Waals surface area contributed by atoms with Gasteiger partial charge in [-0.25, -0.2) is 8.42 Å². The van der Waals surface area contributed by atoms with Crippen LogP contribution in [0.25, 0.3) is 0 Å². The van der Waals surface area contributed by atoms with E-state index in [-0.39, 0.29) is 10.6 Å². The lowest BCUT2D eigenvalue weighted by molar-refractivity contribution is -0.106. The number of hydrogen-bond acceptors (Lipinski definition) is 5. The van der Waals surface area contributed by atoms with Gasteiger partial charge in [-0.05, 0) is 24.5 Å². The number of carbonyl (C=O) groups excluding carboxylic acids is 1. The van der Waals surface area contributed by atoms with Gasteiger partial charge in [0.15, 0.2) is 0 Å². The summed E-state index contributed by atoms with van der Waals surface area (Å²) < 4.78 is 22.7. The van der Waals surface area contributed by atoms with E-state index in [1.54, 1.807) is 6.07 Å². The molecule has 4 N–H and O–H groups in total. The molecular formula is C9H16N2O4S2. The molecule has 1 aromatic rings. The topological polar surface area (TPSA) is 109 Å². The largest absolute Gasteiger partial charge is 0.372 e. The van der Waals surface area contributed by atoms with E-state index in [9.17, 15) is 8.42 Å². The van der Waals surface area contributed by atoms with Crippen LogP contribution in [-0.2, 0) is 27.7 Å². The van der Waals surface area contributed by atoms with E-state index < -0.39 is 10.0 Å². The number of carbonyl (C=O) groups is 1. The standard InChI is InChI=1S/C8H13NO3S2.CH3NO/c1-3-6-5-8(13-7(6)4-2)14(11,12)9-10;2-1-3/h5,9-10H,3-4H2,1-2H3;1H,(H2,2,3). The Morgan fingerprint density at radius 1 is 1.47 bits per heavy atom. The van der Waals surface area contributed by atoms with Crippen LogP contribution in [0.4, 0.5) is 0 Å². The summed E-state index contributed by atoms with van der Waals surface area (Å²) in [6.45, 7) is 3.96. The molecule has 0 bridgehead atoms. The number of aryl methyl sites for hydroxylation is 2. The molecule has 1 rings (SSSR count). The van der Waals surface area contributed by atoms with Crippen LogP contribution in [0.3, 0.4) is 0 Å². The number of nitrogens with one attached hydrogen (secondary N) is 1. The predicted molar refractivity (Wildman–Crippen MR) is 65.4 cm³/mol. The molecule has 0 spiro atoms. The first-order valence-corrected chi connectivity index (χ1v) is 7.19. The maximum absolute atomic E-state index is 11.2. The van der Waals surface area contributed by atoms with Crippen molar-refractivity contribution in [2.45, 2.75) is 30.9 Å². The fraction of sp³-hybridized carbons (Fsp3) is 0.444. The summed E-state index contributed by atoms with van der Waals surface area (Å²) in [4.78, 5) is 11.0. The molecule has 0 saturated heterocycles. The Morgan fingerprint density at radius 2 is 2.00 bits per heavy atom. The van der Waals surface area contributed by atoms with Gasteiger partial charge in [-0.15, -0.1) is 11.3 Å². The van der Waals surface area contributed by atoms with Crippen LogP contribution < -0.4 is 10.6 Å². The first-order chi connectivity index (χ1) is 7.96. The Labute approximate surface area is 104 Å². The van der Waals surface area contributed by atoms with Crippen LogP contribution in [0.1, 0.15) is 24.3 Å². The lowest BCUT2D eigenvalue weighted by Crippen LogP contribution is -2.17. The molecule has 17 heavy (non-hydrogen) atoms. The second-order valence-corrected chi connectivity index (χ2v) is 5.98. The summed E-state index contributed by atoms with van der Waals surface area (Å²) >= 11 is 1.21. The molecule has 0 fully saturated rings. The van der Waals surface area contributed by atoms with Gasteiger partial charge in [0.2, 0.25) is 6.41 Å². The van der Waals surface area contributed by atoms with E-state index in [4.69, 9.17) is 10.0 Å². The van der Waals surface area contributed by atoms with E-state index in [2.05, 4.69) is 5.73 Å². The van der Waals surface area contributed by atoms with Crippen molar-refractivity contribution in [1.82, 2.24) is 4.89 Å². The third-order valence-corrected chi connectivity index (χ3v) is 4.87. The number of amides is 1. The average Bonchev–Trinajstić information content (AvgIpc) is 2.73. The van der Waals surface area contributed by atoms with Gasteiger partial charge in [0, 0.05) is 4.88 Å². The van der Waals surface area contributed by atoms with Gasteiger partial charge >= 0.3 is 0 Å². The molecule has 98 valence electrons. The molecule has 1 aromatic heterocycles. The average molecular weight is 280 g/mol. The first kappa shape index (κ1) is 16.0. The SMILES string of the molecule is CCc1cc(S(=O)(=O)NO)sc1CC.NC=O. The summed E-state index contributed by atoms with van der Waals surface area (Å²) in [7, 11) is -3.70. The van der Waals surface area contributed by atoms with E-state index in [0.29, 0.717) is 0 Å². The second kappa shape index (κ2) is 7.38. The maximum atomic E-state index is 11.2. The van der Waals surface area contributed by atoms with Gasteiger partial charge in [0.1, 0.15) is 4.21 Å². The number of rotatable bonds is 4. The highest BCUT2D eigenvalue weighted by Gasteiger charge is 2.17. The molecule has 6 nitrogen and oxygen atoms in total. The summed E-state index contributed by atoms with van der Waals surface area (Å²) in [6.07, 6.45) is 1.87. The van der Waals surface area contributed by atoms with Crippen molar-refractivity contribution in [1.29, 1.82) is 0 Å². The van der Waals surface area contributed by atoms with Crippen LogP contribution in [0, 0.1) is 0 Å². The molecule has 0 aliphatic carbocycles. The molecule has 0 unspecified atom stereocenters. The van der Waals surface area contributed by atoms with Gasteiger partial charge in [0.25, 0.3) is 10.0 Å². The molecular weight excluding hydrogens is 264 g/mol. The van der Waals surface area contributed by atoms with Crippen molar-refractivity contribution in [2.75, 3.05) is 0 Å². The summed E-state index contributed by atoms with van der Waals surface area (Å²) in [6, 6.07) is 1.61. The van der Waals surface area contributed by atoms with Crippen LogP contribution in [0.15, 0.2) is 10.3 Å². The fourth-order valence-electron chi connectivity index (χ4n) is 1.22. The minimum Gasteiger partial charge on any atom is -0.372 e. The van der Waals surface area contributed by atoms with Crippen LogP contribution in [-0.4, -0.2) is 20.0 Å². The highest BCUT2D eigenvalue weighted by atomic mass is 32.2. The van der Waals surface area contributed by atoms with Crippen molar-refractivity contribution < 1.29 is 18.4 Å². The van der Waals surface area contributed by atoms with Crippen LogP contribution >= 0.6 is 11.3 Å². The predicted octanol–water partition coefficient (Wildman–Crippen LogP) is 0.642. The van der Waals surface area contributed by atoms with Crippen molar-refractivity contribution in [3.63, 3.8) is 0 Å². The van der Waals surface area contributed by atoms with Gasteiger partial charge in [-0.1, -0.05) is 18.7 Å². The quantitative estimate of drug-likeness (QED) is 0.555. The smallest absolute Gasteiger partial charge is 0.271 e. The number of hydrogen-bond donors (Lipinski definition) is 3. The van der Waals surface area contributed by atoms with Gasteiger partial charge in [0.05, 0.1) is 0 Å². The van der Waals surface area contributed by atoms with Gasteiger partial charge in [-0.2, -0.15) is 0 Å². The molecule has 0 aromatic carbocycles. The fourth-order valence-corrected chi connectivity index (χ4v) is 3.38. The minimum atomic E-state index is -3.70. The Bertz CT molecular complexity index is 432. The lowest BCUT2D eigenvalue weighted by atomic mass is 10.2. The molecule has 8 heteroatoms. The Morgan fingerprint density at radius 3 is 2.29 bits per heavy atom. The van der Waals surface area contributed by atoms with Crippen LogP contribution in [0.2, 0.25) is 0 Å². The normalized spacial score (nSPS) is 10.5. The molecule has 1 heterocycles. The monoisotopic (exact) mass is 280 g/mol. The number of sulfonamides is 1. The Balaban J connectivity index is 0.000000770. The van der Waals surface area contributed by atoms with E-state index in [0.717, 1.165) is 23.3 Å². The highest BCUT2D eigenvalue weighted by Crippen LogP contribution is 2.26. The number of primary amides is 1. The number of thiophene rings is 1. The second-order valence-electron chi connectivity index (χ2n) is 2.95. The first-order valence-electron chi connectivity index (χ1n) is 4.89. The van der Waals surface area contributed by atoms with Crippen molar-refractivity contribution in [2.24, 2.45) is 5.73 Å². The van der Waals surface area contributed by atoms with Gasteiger partial charge in [-0.3, -0.25) is 4.79 Å². The maximum Gasteiger partial charge on any atom is 0.271 e. The van der Waals surface area contributed by atoms with Crippen LogP contribution in [0.5, 0.6) is 0 Å². The zero-order valence-electron chi connectivity index (χ0n) is 9.63. The van der Waals surface area contributed by atoms with Crippen molar-refractivity contribution >= 4 is 27.8 Å². The third kappa shape index (κ3) is 4.43. The lowest BCUT2D eigenvalue weighted by Gasteiger charge is -1.94. The Hall–Kier alpha value is -0.960. The highest BCUT2D eigenvalue weighted by molar-refractivity contribution is 7.91. The summed E-state index contributed by atoms with van der Waals surface area (Å²) in [5.74, 6) is 0. The Kier molecular flexibility index (Phi) is 6.97. The van der Waals surface area contributed by atoms with E-state index in [1.165, 1.54) is 16.2 Å². The molecule has 1 amide bonds. The molecule has 0 saturated carbocycles. The van der Waals surface area contributed by atoms with Crippen molar-refractivity contribution in [3.8, 4) is 0 Å². The van der Waals surface area contributed by atoms with Crippen molar-refractivity contribution in [3.05, 3.63) is 16.5 Å².